The van der Waals surface area contributed by atoms with Crippen LogP contribution in [0.2, 0.25) is 0 Å². The molecule has 2 aliphatic rings. The number of nitrogens with two attached hydrogens (primary N) is 1. The van der Waals surface area contributed by atoms with Gasteiger partial charge in [0.05, 0.1) is 10.8 Å². The van der Waals surface area contributed by atoms with Crippen molar-refractivity contribution >= 4 is 23.2 Å². The minimum Gasteiger partial charge on any atom is -0.378 e. The molecular formula is C16H23N5O3. The number of pyridine rings is 1. The third-order valence-corrected chi connectivity index (χ3v) is 5.03. The van der Waals surface area contributed by atoms with Gasteiger partial charge in [-0.25, -0.2) is 4.98 Å². The number of rotatable bonds is 3. The van der Waals surface area contributed by atoms with Crippen LogP contribution in [0.4, 0.5) is 17.3 Å². The van der Waals surface area contributed by atoms with Crippen LogP contribution in [0.5, 0.6) is 0 Å². The summed E-state index contributed by atoms with van der Waals surface area (Å²) in [6.45, 7) is 4.37. The Labute approximate surface area is 140 Å². The van der Waals surface area contributed by atoms with Crippen molar-refractivity contribution in [3.8, 4) is 0 Å². The van der Waals surface area contributed by atoms with Gasteiger partial charge in [-0.1, -0.05) is 0 Å². The molecule has 0 saturated carbocycles. The van der Waals surface area contributed by atoms with Gasteiger partial charge in [-0.3, -0.25) is 14.9 Å². The average molecular weight is 333 g/mol. The topological polar surface area (TPSA) is 106 Å². The minimum absolute atomic E-state index is 0.0440. The highest BCUT2D eigenvalue weighted by Crippen LogP contribution is 2.30. The van der Waals surface area contributed by atoms with E-state index in [1.54, 1.807) is 6.07 Å². The number of hydrogen-bond acceptors (Lipinski definition) is 6. The second kappa shape index (κ2) is 6.62. The quantitative estimate of drug-likeness (QED) is 0.668. The maximum absolute atomic E-state index is 12.7. The first-order valence-electron chi connectivity index (χ1n) is 8.43. The number of carbonyl (C=O) groups excluding carboxylic acids is 1. The molecule has 2 atom stereocenters. The van der Waals surface area contributed by atoms with Crippen molar-refractivity contribution in [2.45, 2.75) is 38.6 Å². The number of hydrogen-bond donors (Lipinski definition) is 1. The van der Waals surface area contributed by atoms with E-state index in [1.165, 1.54) is 6.07 Å². The van der Waals surface area contributed by atoms with Crippen LogP contribution < -0.4 is 10.6 Å². The van der Waals surface area contributed by atoms with E-state index >= 15 is 0 Å². The zero-order valence-electron chi connectivity index (χ0n) is 13.9. The lowest BCUT2D eigenvalue weighted by Crippen LogP contribution is -2.48. The maximum atomic E-state index is 12.7. The number of piperidine rings is 1. The van der Waals surface area contributed by atoms with E-state index in [0.29, 0.717) is 12.4 Å². The Morgan fingerprint density at radius 1 is 1.33 bits per heavy atom. The largest absolute Gasteiger partial charge is 0.378 e. The maximum Gasteiger partial charge on any atom is 0.311 e. The summed E-state index contributed by atoms with van der Waals surface area (Å²) in [6.07, 6.45) is 3.93. The number of nitrogen functional groups attached to an aromatic ring is 1. The number of aromatic nitrogens is 1. The highest BCUT2D eigenvalue weighted by atomic mass is 16.6. The number of amides is 1. The van der Waals surface area contributed by atoms with E-state index in [4.69, 9.17) is 5.73 Å². The van der Waals surface area contributed by atoms with E-state index < -0.39 is 4.92 Å². The third kappa shape index (κ3) is 3.13. The SMILES string of the molecule is CC1CCC(C(=O)N2CCCC2)CN1c1ccc([N+](=O)[O-])c(N)n1. The van der Waals surface area contributed by atoms with Crippen molar-refractivity contribution in [2.75, 3.05) is 30.3 Å². The normalized spacial score (nSPS) is 24.2. The molecule has 2 aliphatic heterocycles. The fraction of sp³-hybridized carbons (Fsp3) is 0.625. The van der Waals surface area contributed by atoms with Gasteiger partial charge in [0.15, 0.2) is 0 Å². The van der Waals surface area contributed by atoms with E-state index in [2.05, 4.69) is 11.9 Å². The number of carbonyl (C=O) groups is 1. The lowest BCUT2D eigenvalue weighted by atomic mass is 9.92. The molecule has 8 heteroatoms. The highest BCUT2D eigenvalue weighted by Gasteiger charge is 2.34. The number of nitrogens with zero attached hydrogens (tertiary/aromatic N) is 4. The molecule has 0 radical (unpaired) electrons. The third-order valence-electron chi connectivity index (χ3n) is 5.03. The van der Waals surface area contributed by atoms with Crippen molar-refractivity contribution < 1.29 is 9.72 Å². The number of nitro groups is 1. The molecular weight excluding hydrogens is 310 g/mol. The van der Waals surface area contributed by atoms with Gasteiger partial charge < -0.3 is 15.5 Å². The minimum atomic E-state index is -0.536. The van der Waals surface area contributed by atoms with E-state index in [1.807, 2.05) is 9.80 Å². The molecule has 8 nitrogen and oxygen atoms in total. The van der Waals surface area contributed by atoms with Crippen molar-refractivity contribution in [3.63, 3.8) is 0 Å². The standard InChI is InChI=1S/C16H23N5O3/c1-11-4-5-12(16(22)19-8-2-3-9-19)10-20(11)14-7-6-13(21(23)24)15(17)18-14/h6-7,11-12H,2-5,8-10H2,1H3,(H2,17,18). The van der Waals surface area contributed by atoms with Crippen LogP contribution in [-0.2, 0) is 4.79 Å². The lowest BCUT2D eigenvalue weighted by Gasteiger charge is -2.39. The zero-order chi connectivity index (χ0) is 17.3. The lowest BCUT2D eigenvalue weighted by molar-refractivity contribution is -0.384. The van der Waals surface area contributed by atoms with E-state index in [0.717, 1.165) is 38.8 Å². The van der Waals surface area contributed by atoms with E-state index in [-0.39, 0.29) is 29.4 Å². The molecule has 2 saturated heterocycles. The molecule has 0 spiro atoms. The molecule has 0 bridgehead atoms. The van der Waals surface area contributed by atoms with Crippen molar-refractivity contribution in [1.82, 2.24) is 9.88 Å². The van der Waals surface area contributed by atoms with Gasteiger partial charge in [-0.15, -0.1) is 0 Å². The first-order valence-corrected chi connectivity index (χ1v) is 8.43. The van der Waals surface area contributed by atoms with Gasteiger partial charge in [0.2, 0.25) is 11.7 Å². The molecule has 0 aromatic carbocycles. The number of anilines is 2. The Morgan fingerprint density at radius 2 is 2.04 bits per heavy atom. The summed E-state index contributed by atoms with van der Waals surface area (Å²) < 4.78 is 0. The molecule has 1 aromatic heterocycles. The molecule has 1 aromatic rings. The fourth-order valence-electron chi connectivity index (χ4n) is 3.59. The van der Waals surface area contributed by atoms with Gasteiger partial charge >= 0.3 is 5.69 Å². The van der Waals surface area contributed by atoms with Crippen LogP contribution in [-0.4, -0.2) is 46.4 Å². The Bertz CT molecular complexity index is 645. The molecule has 2 N–H and O–H groups in total. The van der Waals surface area contributed by atoms with Crippen LogP contribution in [0, 0.1) is 16.0 Å². The van der Waals surface area contributed by atoms with Crippen molar-refractivity contribution in [1.29, 1.82) is 0 Å². The van der Waals surface area contributed by atoms with Crippen molar-refractivity contribution in [3.05, 3.63) is 22.2 Å². The highest BCUT2D eigenvalue weighted by molar-refractivity contribution is 5.80. The van der Waals surface area contributed by atoms with Crippen LogP contribution >= 0.6 is 0 Å². The van der Waals surface area contributed by atoms with Gasteiger partial charge in [0.25, 0.3) is 0 Å². The molecule has 3 heterocycles. The summed E-state index contributed by atoms with van der Waals surface area (Å²) >= 11 is 0. The summed E-state index contributed by atoms with van der Waals surface area (Å²) in [5.41, 5.74) is 5.53. The van der Waals surface area contributed by atoms with Gasteiger partial charge in [-0.05, 0) is 38.7 Å². The predicted octanol–water partition coefficient (Wildman–Crippen LogP) is 1.80. The second-order valence-electron chi connectivity index (χ2n) is 6.64. The Hall–Kier alpha value is -2.38. The summed E-state index contributed by atoms with van der Waals surface area (Å²) in [4.78, 5) is 31.2. The molecule has 24 heavy (non-hydrogen) atoms. The molecule has 3 rings (SSSR count). The van der Waals surface area contributed by atoms with Crippen molar-refractivity contribution in [2.24, 2.45) is 5.92 Å². The van der Waals surface area contributed by atoms with Gasteiger partial charge in [0.1, 0.15) is 5.82 Å². The van der Waals surface area contributed by atoms with Gasteiger partial charge in [0, 0.05) is 31.7 Å². The van der Waals surface area contributed by atoms with Crippen LogP contribution in [0.1, 0.15) is 32.6 Å². The first kappa shape index (κ1) is 16.5. The Morgan fingerprint density at radius 3 is 2.67 bits per heavy atom. The second-order valence-corrected chi connectivity index (χ2v) is 6.64. The zero-order valence-corrected chi connectivity index (χ0v) is 13.9. The molecule has 2 unspecified atom stereocenters. The van der Waals surface area contributed by atoms with E-state index in [9.17, 15) is 14.9 Å². The Balaban J connectivity index is 1.77. The Kier molecular flexibility index (Phi) is 4.55. The molecule has 0 aliphatic carbocycles. The summed E-state index contributed by atoms with van der Waals surface area (Å²) in [6, 6.07) is 3.23. The fourth-order valence-corrected chi connectivity index (χ4v) is 3.59. The first-order chi connectivity index (χ1) is 11.5. The summed E-state index contributed by atoms with van der Waals surface area (Å²) in [7, 11) is 0. The monoisotopic (exact) mass is 333 g/mol. The molecule has 1 amide bonds. The molecule has 2 fully saturated rings. The summed E-state index contributed by atoms with van der Waals surface area (Å²) in [5, 5.41) is 10.9. The van der Waals surface area contributed by atoms with Gasteiger partial charge in [-0.2, -0.15) is 0 Å². The predicted molar refractivity (Wildman–Crippen MR) is 90.6 cm³/mol. The van der Waals surface area contributed by atoms with Crippen LogP contribution in [0.3, 0.4) is 0 Å². The smallest absolute Gasteiger partial charge is 0.311 e. The van der Waals surface area contributed by atoms with Crippen LogP contribution in [0.15, 0.2) is 12.1 Å². The molecule has 130 valence electrons. The average Bonchev–Trinajstić information content (AvgIpc) is 3.08. The van der Waals surface area contributed by atoms with Crippen LogP contribution in [0.25, 0.3) is 0 Å². The number of likely N-dealkylation sites (tertiary alicyclic amines) is 1. The summed E-state index contributed by atoms with van der Waals surface area (Å²) in [5.74, 6) is 0.694.